The van der Waals surface area contributed by atoms with Crippen LogP contribution in [0.4, 0.5) is 10.7 Å². The van der Waals surface area contributed by atoms with Gasteiger partial charge in [-0.05, 0) is 18.2 Å². The van der Waals surface area contributed by atoms with Crippen molar-refractivity contribution in [2.24, 2.45) is 0 Å². The number of benzene rings is 1. The topological polar surface area (TPSA) is 98.0 Å². The van der Waals surface area contributed by atoms with Crippen LogP contribution in [0.3, 0.4) is 0 Å². The molecule has 3 N–H and O–H groups in total. The number of rotatable bonds is 3. The van der Waals surface area contributed by atoms with E-state index in [1.807, 2.05) is 0 Å². The maximum atomic E-state index is 11.9. The Kier molecular flexibility index (Phi) is 3.18. The molecule has 0 aliphatic heterocycles. The highest BCUT2D eigenvalue weighted by molar-refractivity contribution is 7.93. The van der Waals surface area contributed by atoms with E-state index in [2.05, 4.69) is 14.3 Å². The summed E-state index contributed by atoms with van der Waals surface area (Å²) < 4.78 is 29.7. The Balaban J connectivity index is 2.35. The van der Waals surface area contributed by atoms with E-state index >= 15 is 0 Å². The summed E-state index contributed by atoms with van der Waals surface area (Å²) >= 11 is 6.66. The fourth-order valence-electron chi connectivity index (χ4n) is 1.09. The minimum absolute atomic E-state index is 0.0350. The Morgan fingerprint density at radius 1 is 1.41 bits per heavy atom. The number of nitrogens with one attached hydrogen (secondary N) is 1. The molecule has 2 aromatic rings. The van der Waals surface area contributed by atoms with Crippen LogP contribution in [0.2, 0.25) is 5.02 Å². The Bertz CT molecular complexity index is 627. The number of aromatic nitrogens is 2. The predicted molar refractivity (Wildman–Crippen MR) is 66.6 cm³/mol. The first kappa shape index (κ1) is 12.1. The molecule has 6 nitrogen and oxygen atoms in total. The van der Waals surface area contributed by atoms with Crippen LogP contribution in [-0.4, -0.2) is 18.0 Å². The van der Waals surface area contributed by atoms with Gasteiger partial charge in [0.2, 0.25) is 0 Å². The van der Waals surface area contributed by atoms with Crippen molar-refractivity contribution in [3.63, 3.8) is 0 Å². The molecule has 1 aromatic heterocycles. The summed E-state index contributed by atoms with van der Waals surface area (Å²) in [5.74, 6) is 0. The normalized spacial score (nSPS) is 11.4. The van der Waals surface area contributed by atoms with Crippen LogP contribution in [-0.2, 0) is 10.0 Å². The number of nitrogens with two attached hydrogens (primary N) is 1. The molecule has 17 heavy (non-hydrogen) atoms. The van der Waals surface area contributed by atoms with Gasteiger partial charge in [-0.25, -0.2) is 8.42 Å². The molecule has 0 amide bonds. The molecule has 2 rings (SSSR count). The number of hydrogen-bond donors (Lipinski definition) is 2. The number of anilines is 2. The van der Waals surface area contributed by atoms with Gasteiger partial charge in [-0.3, -0.25) is 4.72 Å². The average molecular weight is 291 g/mol. The second-order valence-electron chi connectivity index (χ2n) is 3.07. The molecular formula is C8H7ClN4O2S2. The molecule has 0 saturated carbocycles. The van der Waals surface area contributed by atoms with Gasteiger partial charge >= 0.3 is 0 Å². The summed E-state index contributed by atoms with van der Waals surface area (Å²) in [7, 11) is -3.68. The zero-order valence-corrected chi connectivity index (χ0v) is 10.7. The van der Waals surface area contributed by atoms with Gasteiger partial charge in [0.05, 0.1) is 21.8 Å². The fourth-order valence-corrected chi connectivity index (χ4v) is 2.93. The Morgan fingerprint density at radius 3 is 2.76 bits per heavy atom. The van der Waals surface area contributed by atoms with Gasteiger partial charge in [-0.15, -0.1) is 5.10 Å². The van der Waals surface area contributed by atoms with Crippen LogP contribution in [0.25, 0.3) is 0 Å². The minimum Gasteiger partial charge on any atom is -0.397 e. The summed E-state index contributed by atoms with van der Waals surface area (Å²) in [6.45, 7) is 0. The standard InChI is InChI=1S/C8H7ClN4O2S2/c9-6-2-1-5(3-7(6)10)17(14,15)12-8-4-11-13-16-8/h1-4,12H,10H2. The molecule has 90 valence electrons. The number of nitrogen functional groups attached to an aromatic ring is 1. The third-order valence-electron chi connectivity index (χ3n) is 1.87. The second kappa shape index (κ2) is 4.47. The van der Waals surface area contributed by atoms with E-state index in [-0.39, 0.29) is 10.6 Å². The average Bonchev–Trinajstić information content (AvgIpc) is 2.73. The molecule has 0 aliphatic rings. The van der Waals surface area contributed by atoms with Crippen LogP contribution >= 0.6 is 23.1 Å². The predicted octanol–water partition coefficient (Wildman–Crippen LogP) is 1.57. The van der Waals surface area contributed by atoms with Crippen LogP contribution < -0.4 is 10.5 Å². The lowest BCUT2D eigenvalue weighted by atomic mass is 10.3. The first-order chi connectivity index (χ1) is 7.99. The molecule has 0 saturated heterocycles. The maximum Gasteiger partial charge on any atom is 0.262 e. The number of hydrogen-bond acceptors (Lipinski definition) is 6. The molecule has 0 fully saturated rings. The van der Waals surface area contributed by atoms with E-state index in [4.69, 9.17) is 17.3 Å². The molecule has 1 aromatic carbocycles. The maximum absolute atomic E-state index is 11.9. The van der Waals surface area contributed by atoms with Crippen molar-refractivity contribution < 1.29 is 8.42 Å². The summed E-state index contributed by atoms with van der Waals surface area (Å²) in [6.07, 6.45) is 1.32. The Morgan fingerprint density at radius 2 is 2.18 bits per heavy atom. The summed E-state index contributed by atoms with van der Waals surface area (Å²) in [4.78, 5) is 0.0350. The third-order valence-corrected chi connectivity index (χ3v) is 4.29. The smallest absolute Gasteiger partial charge is 0.262 e. The van der Waals surface area contributed by atoms with E-state index in [0.717, 1.165) is 11.5 Å². The third kappa shape index (κ3) is 2.65. The van der Waals surface area contributed by atoms with E-state index < -0.39 is 10.0 Å². The lowest BCUT2D eigenvalue weighted by Gasteiger charge is -2.06. The largest absolute Gasteiger partial charge is 0.397 e. The van der Waals surface area contributed by atoms with Gasteiger partial charge in [0.25, 0.3) is 10.0 Å². The number of sulfonamides is 1. The SMILES string of the molecule is Nc1cc(S(=O)(=O)Nc2cnns2)ccc1Cl. The van der Waals surface area contributed by atoms with Gasteiger partial charge in [0.15, 0.2) is 0 Å². The van der Waals surface area contributed by atoms with E-state index in [0.29, 0.717) is 10.0 Å². The van der Waals surface area contributed by atoms with Crippen LogP contribution in [0.15, 0.2) is 29.3 Å². The molecule has 0 radical (unpaired) electrons. The van der Waals surface area contributed by atoms with Crippen molar-refractivity contribution in [3.05, 3.63) is 29.4 Å². The van der Waals surface area contributed by atoms with Crippen molar-refractivity contribution >= 4 is 43.8 Å². The van der Waals surface area contributed by atoms with Crippen LogP contribution in [0, 0.1) is 0 Å². The van der Waals surface area contributed by atoms with Crippen molar-refractivity contribution in [2.45, 2.75) is 4.90 Å². The Hall–Kier alpha value is -1.38. The van der Waals surface area contributed by atoms with E-state index in [1.165, 1.54) is 24.4 Å². The lowest BCUT2D eigenvalue weighted by molar-refractivity contribution is 0.601. The molecule has 1 heterocycles. The fraction of sp³-hybridized carbons (Fsp3) is 0. The van der Waals surface area contributed by atoms with Gasteiger partial charge in [-0.2, -0.15) is 0 Å². The zero-order valence-electron chi connectivity index (χ0n) is 8.29. The highest BCUT2D eigenvalue weighted by Crippen LogP contribution is 2.24. The molecule has 0 atom stereocenters. The van der Waals surface area contributed by atoms with E-state index in [1.54, 1.807) is 0 Å². The monoisotopic (exact) mass is 290 g/mol. The van der Waals surface area contributed by atoms with Crippen molar-refractivity contribution in [3.8, 4) is 0 Å². The van der Waals surface area contributed by atoms with Crippen LogP contribution in [0.5, 0.6) is 0 Å². The molecular weight excluding hydrogens is 284 g/mol. The summed E-state index contributed by atoms with van der Waals surface area (Å²) in [5, 5.41) is 4.17. The first-order valence-electron chi connectivity index (χ1n) is 4.34. The van der Waals surface area contributed by atoms with E-state index in [9.17, 15) is 8.42 Å². The quantitative estimate of drug-likeness (QED) is 0.836. The summed E-state index contributed by atoms with van der Waals surface area (Å²) in [6, 6.07) is 4.09. The minimum atomic E-state index is -3.68. The summed E-state index contributed by atoms with van der Waals surface area (Å²) in [5.41, 5.74) is 5.75. The molecule has 0 unspecified atom stereocenters. The lowest BCUT2D eigenvalue weighted by Crippen LogP contribution is -2.12. The molecule has 9 heteroatoms. The van der Waals surface area contributed by atoms with Gasteiger partial charge in [0.1, 0.15) is 5.00 Å². The zero-order chi connectivity index (χ0) is 12.5. The molecule has 0 aliphatic carbocycles. The second-order valence-corrected chi connectivity index (χ2v) is 5.95. The van der Waals surface area contributed by atoms with Gasteiger partial charge in [0, 0.05) is 11.5 Å². The van der Waals surface area contributed by atoms with Crippen molar-refractivity contribution in [1.29, 1.82) is 0 Å². The highest BCUT2D eigenvalue weighted by Gasteiger charge is 2.16. The van der Waals surface area contributed by atoms with Crippen molar-refractivity contribution in [2.75, 3.05) is 10.5 Å². The first-order valence-corrected chi connectivity index (χ1v) is 6.98. The van der Waals surface area contributed by atoms with Gasteiger partial charge < -0.3 is 5.73 Å². The van der Waals surface area contributed by atoms with Crippen LogP contribution in [0.1, 0.15) is 0 Å². The number of halogens is 1. The highest BCUT2D eigenvalue weighted by atomic mass is 35.5. The number of nitrogens with zero attached hydrogens (tertiary/aromatic N) is 2. The van der Waals surface area contributed by atoms with Gasteiger partial charge in [-0.1, -0.05) is 16.1 Å². The molecule has 0 bridgehead atoms. The van der Waals surface area contributed by atoms with Crippen molar-refractivity contribution in [1.82, 2.24) is 9.59 Å². The Labute approximate surface area is 107 Å². The molecule has 0 spiro atoms.